The van der Waals surface area contributed by atoms with E-state index in [0.29, 0.717) is 11.2 Å². The van der Waals surface area contributed by atoms with Gasteiger partial charge in [0.25, 0.3) is 5.91 Å². The van der Waals surface area contributed by atoms with Crippen LogP contribution in [0.3, 0.4) is 0 Å². The molecule has 0 aliphatic carbocycles. The molecule has 0 atom stereocenters. The molecule has 0 spiro atoms. The normalized spacial score (nSPS) is 10.9. The number of rotatable bonds is 2. The van der Waals surface area contributed by atoms with Gasteiger partial charge in [-0.25, -0.2) is 4.39 Å². The molecule has 3 aromatic rings. The lowest BCUT2D eigenvalue weighted by molar-refractivity contribution is 0.102. The van der Waals surface area contributed by atoms with Crippen molar-refractivity contribution in [2.45, 2.75) is 20.8 Å². The number of hydrogen-bond donors (Lipinski definition) is 2. The quantitative estimate of drug-likeness (QED) is 0.719. The van der Waals surface area contributed by atoms with Crippen molar-refractivity contribution in [3.8, 4) is 0 Å². The van der Waals surface area contributed by atoms with Crippen LogP contribution < -0.4 is 5.32 Å². The van der Waals surface area contributed by atoms with Crippen LogP contribution in [0.4, 0.5) is 10.1 Å². The molecule has 0 fully saturated rings. The minimum absolute atomic E-state index is 0.220. The standard InChI is InChI=1S/C18H17FN2O/c1-10-5-4-6-15(11(10)2)21-18(22)17-12(3)14-8-7-13(19)9-16(14)20-17/h4-9,20H,1-3H3,(H,21,22). The van der Waals surface area contributed by atoms with Crippen LogP contribution in [0, 0.1) is 26.6 Å². The highest BCUT2D eigenvalue weighted by atomic mass is 19.1. The Morgan fingerprint density at radius 2 is 1.86 bits per heavy atom. The summed E-state index contributed by atoms with van der Waals surface area (Å²) in [5.74, 6) is -0.543. The third-order valence-corrected chi connectivity index (χ3v) is 4.10. The summed E-state index contributed by atoms with van der Waals surface area (Å²) in [6.07, 6.45) is 0. The Morgan fingerprint density at radius 1 is 1.09 bits per heavy atom. The van der Waals surface area contributed by atoms with Crippen LogP contribution in [-0.2, 0) is 0 Å². The molecule has 4 heteroatoms. The van der Waals surface area contributed by atoms with Gasteiger partial charge in [-0.15, -0.1) is 0 Å². The second-order valence-corrected chi connectivity index (χ2v) is 5.52. The molecule has 1 heterocycles. The van der Waals surface area contributed by atoms with E-state index in [0.717, 1.165) is 27.8 Å². The lowest BCUT2D eigenvalue weighted by Crippen LogP contribution is -2.14. The number of amides is 1. The summed E-state index contributed by atoms with van der Waals surface area (Å²) in [5, 5.41) is 3.77. The summed E-state index contributed by atoms with van der Waals surface area (Å²) in [6.45, 7) is 5.83. The van der Waals surface area contributed by atoms with Gasteiger partial charge in [0.2, 0.25) is 0 Å². The monoisotopic (exact) mass is 296 g/mol. The third kappa shape index (κ3) is 2.37. The van der Waals surface area contributed by atoms with Crippen LogP contribution in [0.5, 0.6) is 0 Å². The van der Waals surface area contributed by atoms with E-state index < -0.39 is 0 Å². The van der Waals surface area contributed by atoms with Crippen molar-refractivity contribution < 1.29 is 9.18 Å². The molecule has 0 aliphatic rings. The van der Waals surface area contributed by atoms with E-state index in [9.17, 15) is 9.18 Å². The summed E-state index contributed by atoms with van der Waals surface area (Å²) in [6, 6.07) is 10.3. The number of H-pyrrole nitrogens is 1. The molecule has 112 valence electrons. The lowest BCUT2D eigenvalue weighted by atomic mass is 10.1. The van der Waals surface area contributed by atoms with E-state index in [-0.39, 0.29) is 11.7 Å². The first kappa shape index (κ1) is 14.3. The Balaban J connectivity index is 1.99. The summed E-state index contributed by atoms with van der Waals surface area (Å²) in [4.78, 5) is 15.5. The summed E-state index contributed by atoms with van der Waals surface area (Å²) in [5.41, 5.74) is 4.85. The number of hydrogen-bond acceptors (Lipinski definition) is 1. The summed E-state index contributed by atoms with van der Waals surface area (Å²) < 4.78 is 13.3. The lowest BCUT2D eigenvalue weighted by Gasteiger charge is -2.10. The van der Waals surface area contributed by atoms with Gasteiger partial charge in [-0.3, -0.25) is 4.79 Å². The molecular weight excluding hydrogens is 279 g/mol. The molecule has 0 radical (unpaired) electrons. The Bertz CT molecular complexity index is 880. The van der Waals surface area contributed by atoms with Gasteiger partial charge in [-0.2, -0.15) is 0 Å². The maximum absolute atomic E-state index is 13.3. The average Bonchev–Trinajstić information content (AvgIpc) is 2.80. The summed E-state index contributed by atoms with van der Waals surface area (Å²) in [7, 11) is 0. The second kappa shape index (κ2) is 5.30. The highest BCUT2D eigenvalue weighted by molar-refractivity contribution is 6.08. The molecule has 2 N–H and O–H groups in total. The number of aromatic amines is 1. The van der Waals surface area contributed by atoms with Crippen LogP contribution in [-0.4, -0.2) is 10.9 Å². The first-order valence-corrected chi connectivity index (χ1v) is 7.13. The maximum atomic E-state index is 13.3. The zero-order valence-corrected chi connectivity index (χ0v) is 12.8. The highest BCUT2D eigenvalue weighted by Crippen LogP contribution is 2.24. The Labute approximate surface area is 128 Å². The first-order chi connectivity index (χ1) is 10.5. The number of carbonyl (C=O) groups excluding carboxylic acids is 1. The zero-order chi connectivity index (χ0) is 15.9. The molecule has 0 bridgehead atoms. The zero-order valence-electron chi connectivity index (χ0n) is 12.8. The Kier molecular flexibility index (Phi) is 3.45. The van der Waals surface area contributed by atoms with Crippen molar-refractivity contribution in [3.63, 3.8) is 0 Å². The van der Waals surface area contributed by atoms with Crippen LogP contribution in [0.1, 0.15) is 27.2 Å². The van der Waals surface area contributed by atoms with Gasteiger partial charge in [0.05, 0.1) is 0 Å². The van der Waals surface area contributed by atoms with Gasteiger partial charge in [-0.05, 0) is 61.7 Å². The van der Waals surface area contributed by atoms with Gasteiger partial charge >= 0.3 is 0 Å². The molecular formula is C18H17FN2O. The second-order valence-electron chi connectivity index (χ2n) is 5.52. The van der Waals surface area contributed by atoms with E-state index in [1.807, 2.05) is 39.0 Å². The van der Waals surface area contributed by atoms with E-state index in [1.165, 1.54) is 12.1 Å². The maximum Gasteiger partial charge on any atom is 0.272 e. The molecule has 0 saturated heterocycles. The van der Waals surface area contributed by atoms with Crippen molar-refractivity contribution in [2.24, 2.45) is 0 Å². The topological polar surface area (TPSA) is 44.9 Å². The number of benzene rings is 2. The fourth-order valence-electron chi connectivity index (χ4n) is 2.61. The minimum atomic E-state index is -0.324. The van der Waals surface area contributed by atoms with Crippen molar-refractivity contribution >= 4 is 22.5 Å². The predicted octanol–water partition coefficient (Wildman–Crippen LogP) is 4.48. The molecule has 2 aromatic carbocycles. The smallest absolute Gasteiger partial charge is 0.272 e. The van der Waals surface area contributed by atoms with Gasteiger partial charge in [-0.1, -0.05) is 12.1 Å². The van der Waals surface area contributed by atoms with E-state index in [1.54, 1.807) is 6.07 Å². The number of halogens is 1. The van der Waals surface area contributed by atoms with Crippen LogP contribution >= 0.6 is 0 Å². The van der Waals surface area contributed by atoms with Crippen molar-refractivity contribution in [2.75, 3.05) is 5.32 Å². The number of nitrogens with one attached hydrogen (secondary N) is 2. The van der Waals surface area contributed by atoms with Crippen molar-refractivity contribution in [1.82, 2.24) is 4.98 Å². The number of aryl methyl sites for hydroxylation is 2. The number of anilines is 1. The van der Waals surface area contributed by atoms with Crippen LogP contribution in [0.2, 0.25) is 0 Å². The van der Waals surface area contributed by atoms with Crippen LogP contribution in [0.15, 0.2) is 36.4 Å². The van der Waals surface area contributed by atoms with Gasteiger partial charge in [0, 0.05) is 16.6 Å². The predicted molar refractivity (Wildman–Crippen MR) is 86.9 cm³/mol. The number of aromatic nitrogens is 1. The molecule has 0 aliphatic heterocycles. The fraction of sp³-hybridized carbons (Fsp3) is 0.167. The van der Waals surface area contributed by atoms with Crippen molar-refractivity contribution in [1.29, 1.82) is 0 Å². The average molecular weight is 296 g/mol. The Morgan fingerprint density at radius 3 is 2.64 bits per heavy atom. The summed E-state index contributed by atoms with van der Waals surface area (Å²) >= 11 is 0. The molecule has 0 saturated carbocycles. The molecule has 3 rings (SSSR count). The Hall–Kier alpha value is -2.62. The minimum Gasteiger partial charge on any atom is -0.350 e. The van der Waals surface area contributed by atoms with Crippen LogP contribution in [0.25, 0.3) is 10.9 Å². The largest absolute Gasteiger partial charge is 0.350 e. The third-order valence-electron chi connectivity index (χ3n) is 4.10. The van der Waals surface area contributed by atoms with E-state index in [4.69, 9.17) is 0 Å². The van der Waals surface area contributed by atoms with E-state index in [2.05, 4.69) is 10.3 Å². The highest BCUT2D eigenvalue weighted by Gasteiger charge is 2.16. The number of fused-ring (bicyclic) bond motifs is 1. The van der Waals surface area contributed by atoms with Gasteiger partial charge in [0.15, 0.2) is 0 Å². The SMILES string of the molecule is Cc1cccc(NC(=O)c2[nH]c3cc(F)ccc3c2C)c1C. The first-order valence-electron chi connectivity index (χ1n) is 7.13. The molecule has 22 heavy (non-hydrogen) atoms. The van der Waals surface area contributed by atoms with E-state index >= 15 is 0 Å². The fourth-order valence-corrected chi connectivity index (χ4v) is 2.61. The molecule has 1 aromatic heterocycles. The number of carbonyl (C=O) groups is 1. The van der Waals surface area contributed by atoms with Gasteiger partial charge < -0.3 is 10.3 Å². The molecule has 3 nitrogen and oxygen atoms in total. The van der Waals surface area contributed by atoms with Crippen molar-refractivity contribution in [3.05, 3.63) is 64.6 Å². The van der Waals surface area contributed by atoms with Gasteiger partial charge in [0.1, 0.15) is 11.5 Å². The molecule has 1 amide bonds. The molecule has 0 unspecified atom stereocenters.